The number of hydrogen-bond acceptors (Lipinski definition) is 4. The fourth-order valence-corrected chi connectivity index (χ4v) is 3.64. The molecule has 6 nitrogen and oxygen atoms in total. The lowest BCUT2D eigenvalue weighted by molar-refractivity contribution is -0.143. The summed E-state index contributed by atoms with van der Waals surface area (Å²) in [5, 5.41) is 0.427. The first-order valence-corrected chi connectivity index (χ1v) is 10.9. The molecule has 0 saturated carbocycles. The maximum absolute atomic E-state index is 14.1. The van der Waals surface area contributed by atoms with Crippen LogP contribution in [0.15, 0.2) is 79.3 Å². The van der Waals surface area contributed by atoms with Crippen LogP contribution in [0.2, 0.25) is 5.02 Å². The van der Waals surface area contributed by atoms with Gasteiger partial charge in [-0.3, -0.25) is 9.97 Å². The van der Waals surface area contributed by atoms with Gasteiger partial charge in [0.15, 0.2) is 0 Å². The van der Waals surface area contributed by atoms with Crippen LogP contribution in [0.3, 0.4) is 0 Å². The Morgan fingerprint density at radius 2 is 1.80 bits per heavy atom. The lowest BCUT2D eigenvalue weighted by atomic mass is 10.1. The van der Waals surface area contributed by atoms with E-state index in [4.69, 9.17) is 16.3 Å². The number of hydrogen-bond donors (Lipinski definition) is 0. The number of ether oxygens (including phenoxy) is 1. The highest BCUT2D eigenvalue weighted by Crippen LogP contribution is 2.41. The summed E-state index contributed by atoms with van der Waals surface area (Å²) in [5.74, 6) is -0.223. The highest BCUT2D eigenvalue weighted by Gasteiger charge is 2.38. The van der Waals surface area contributed by atoms with Crippen LogP contribution >= 0.6 is 11.6 Å². The Balaban J connectivity index is 1.77. The van der Waals surface area contributed by atoms with Crippen LogP contribution in [0, 0.1) is 0 Å². The minimum atomic E-state index is -4.69. The minimum Gasteiger partial charge on any atom is -0.392 e. The average molecular weight is 501 g/mol. The average Bonchev–Trinajstić information content (AvgIpc) is 3.19. The van der Waals surface area contributed by atoms with Crippen molar-refractivity contribution in [2.75, 3.05) is 7.05 Å². The summed E-state index contributed by atoms with van der Waals surface area (Å²) in [6, 6.07) is 15.9. The second-order valence-corrected chi connectivity index (χ2v) is 8.18. The Morgan fingerprint density at radius 3 is 2.43 bits per heavy atom. The zero-order chi connectivity index (χ0) is 25.0. The molecule has 4 aromatic rings. The van der Waals surface area contributed by atoms with Crippen LogP contribution in [0.1, 0.15) is 17.0 Å². The molecule has 0 atom stereocenters. The summed E-state index contributed by atoms with van der Waals surface area (Å²) in [4.78, 5) is 22.2. The molecule has 35 heavy (non-hydrogen) atoms. The zero-order valence-electron chi connectivity index (χ0n) is 18.5. The number of carbonyl (C=O) groups excluding carboxylic acids is 1. The van der Waals surface area contributed by atoms with E-state index in [1.807, 2.05) is 0 Å². The van der Waals surface area contributed by atoms with Crippen LogP contribution in [0.5, 0.6) is 5.88 Å². The second kappa shape index (κ2) is 10.2. The molecule has 0 N–H and O–H groups in total. The summed E-state index contributed by atoms with van der Waals surface area (Å²) >= 11 is 5.97. The Morgan fingerprint density at radius 1 is 1.09 bits per heavy atom. The summed E-state index contributed by atoms with van der Waals surface area (Å²) in [6.45, 7) is -0.0891. The first-order chi connectivity index (χ1) is 16.7. The molecular weight excluding hydrogens is 481 g/mol. The second-order valence-electron chi connectivity index (χ2n) is 7.75. The van der Waals surface area contributed by atoms with Crippen LogP contribution < -0.4 is 4.74 Å². The van der Waals surface area contributed by atoms with Crippen LogP contribution in [0.25, 0.3) is 11.1 Å². The summed E-state index contributed by atoms with van der Waals surface area (Å²) in [7, 11) is 1.47. The van der Waals surface area contributed by atoms with E-state index in [9.17, 15) is 18.0 Å². The zero-order valence-corrected chi connectivity index (χ0v) is 19.3. The van der Waals surface area contributed by atoms with Crippen molar-refractivity contribution < 1.29 is 22.7 Å². The molecule has 1 amide bonds. The van der Waals surface area contributed by atoms with E-state index in [2.05, 4.69) is 9.97 Å². The van der Waals surface area contributed by atoms with Gasteiger partial charge in [-0.15, -0.1) is 0 Å². The van der Waals surface area contributed by atoms with Crippen LogP contribution in [0.4, 0.5) is 18.0 Å². The number of carbonyl (C=O) groups is 1. The van der Waals surface area contributed by atoms with Gasteiger partial charge in [0.2, 0.25) is 5.88 Å². The van der Waals surface area contributed by atoms with Crippen molar-refractivity contribution in [2.45, 2.75) is 19.3 Å². The molecule has 0 radical (unpaired) electrons. The molecule has 0 spiro atoms. The molecule has 0 aliphatic carbocycles. The van der Waals surface area contributed by atoms with E-state index in [1.54, 1.807) is 54.6 Å². The number of halogens is 4. The number of aromatic nitrogens is 3. The van der Waals surface area contributed by atoms with E-state index in [1.165, 1.54) is 30.5 Å². The Labute approximate surface area is 204 Å². The Hall–Kier alpha value is -3.85. The van der Waals surface area contributed by atoms with Crippen LogP contribution in [-0.4, -0.2) is 32.6 Å². The fourth-order valence-electron chi connectivity index (χ4n) is 3.52. The molecule has 0 bridgehead atoms. The van der Waals surface area contributed by atoms with Gasteiger partial charge in [-0.05, 0) is 29.3 Å². The number of amides is 1. The quantitative estimate of drug-likeness (QED) is 0.312. The van der Waals surface area contributed by atoms with E-state index < -0.39 is 18.0 Å². The molecule has 180 valence electrons. The predicted molar refractivity (Wildman–Crippen MR) is 125 cm³/mol. The van der Waals surface area contributed by atoms with Gasteiger partial charge < -0.3 is 14.2 Å². The number of alkyl halides is 3. The molecule has 2 aromatic heterocycles. The number of benzene rings is 2. The largest absolute Gasteiger partial charge is 0.431 e. The number of rotatable bonds is 6. The highest BCUT2D eigenvalue weighted by molar-refractivity contribution is 6.30. The maximum Gasteiger partial charge on any atom is 0.431 e. The monoisotopic (exact) mass is 500 g/mol. The lowest BCUT2D eigenvalue weighted by Crippen LogP contribution is -2.30. The van der Waals surface area contributed by atoms with E-state index in [-0.39, 0.29) is 24.5 Å². The highest BCUT2D eigenvalue weighted by atomic mass is 35.5. The van der Waals surface area contributed by atoms with Gasteiger partial charge in [-0.25, -0.2) is 4.79 Å². The van der Waals surface area contributed by atoms with Crippen molar-refractivity contribution >= 4 is 17.7 Å². The third-order valence-corrected chi connectivity index (χ3v) is 5.44. The third-order valence-electron chi connectivity index (χ3n) is 5.19. The Kier molecular flexibility index (Phi) is 7.07. The van der Waals surface area contributed by atoms with Crippen molar-refractivity contribution in [1.82, 2.24) is 19.4 Å². The fraction of sp³-hybridized carbons (Fsp3) is 0.160. The van der Waals surface area contributed by atoms with Gasteiger partial charge in [-0.2, -0.15) is 13.2 Å². The normalized spacial score (nSPS) is 11.3. The molecule has 2 heterocycles. The number of nitrogens with zero attached hydrogens (tertiary/aromatic N) is 4. The van der Waals surface area contributed by atoms with Gasteiger partial charge in [0.25, 0.3) is 0 Å². The SMILES string of the molecule is CN(Cc1cnccn1)C(=O)Oc1c(-c2ccc(Cl)cc2)cc(C(F)(F)F)n1Cc1ccccc1. The molecule has 0 aliphatic heterocycles. The van der Waals surface area contributed by atoms with Gasteiger partial charge >= 0.3 is 12.3 Å². The molecular formula is C25H20ClF3N4O2. The van der Waals surface area contributed by atoms with E-state index in [0.29, 0.717) is 21.8 Å². The maximum atomic E-state index is 14.1. The van der Waals surface area contributed by atoms with Gasteiger partial charge in [0.05, 0.1) is 25.0 Å². The Bertz CT molecular complexity index is 1290. The molecule has 0 saturated heterocycles. The first kappa shape index (κ1) is 24.3. The lowest BCUT2D eigenvalue weighted by Gasteiger charge is -2.19. The molecule has 0 aliphatic rings. The molecule has 0 fully saturated rings. The van der Waals surface area contributed by atoms with E-state index >= 15 is 0 Å². The molecule has 4 rings (SSSR count). The van der Waals surface area contributed by atoms with Crippen molar-refractivity contribution in [3.05, 3.63) is 101 Å². The standard InChI is InChI=1S/C25H20ClF3N4O2/c1-32(16-20-14-30-11-12-31-20)24(34)35-23-21(18-7-9-19(26)10-8-18)13-22(25(27,28)29)33(23)15-17-5-3-2-4-6-17/h2-14H,15-16H2,1H3. The molecule has 2 aromatic carbocycles. The third kappa shape index (κ3) is 5.81. The topological polar surface area (TPSA) is 60.3 Å². The van der Waals surface area contributed by atoms with Crippen molar-refractivity contribution in [2.24, 2.45) is 0 Å². The van der Waals surface area contributed by atoms with Crippen molar-refractivity contribution in [3.8, 4) is 17.0 Å². The summed E-state index contributed by atoms with van der Waals surface area (Å²) in [5.41, 5.74) is 0.713. The van der Waals surface area contributed by atoms with Crippen molar-refractivity contribution in [1.29, 1.82) is 0 Å². The predicted octanol–water partition coefficient (Wildman–Crippen LogP) is 6.30. The first-order valence-electron chi connectivity index (χ1n) is 10.5. The van der Waals surface area contributed by atoms with Gasteiger partial charge in [0, 0.05) is 30.0 Å². The van der Waals surface area contributed by atoms with Crippen LogP contribution in [-0.2, 0) is 19.3 Å². The van der Waals surface area contributed by atoms with E-state index in [0.717, 1.165) is 10.6 Å². The molecule has 0 unspecified atom stereocenters. The molecule has 10 heteroatoms. The van der Waals surface area contributed by atoms with Gasteiger partial charge in [0.1, 0.15) is 5.69 Å². The summed E-state index contributed by atoms with van der Waals surface area (Å²) < 4.78 is 48.9. The van der Waals surface area contributed by atoms with Gasteiger partial charge in [-0.1, -0.05) is 54.1 Å². The minimum absolute atomic E-state index is 0.0640. The smallest absolute Gasteiger partial charge is 0.392 e. The van der Waals surface area contributed by atoms with Crippen molar-refractivity contribution in [3.63, 3.8) is 0 Å². The summed E-state index contributed by atoms with van der Waals surface area (Å²) in [6.07, 6.45) is -1.06.